The van der Waals surface area contributed by atoms with Crippen molar-refractivity contribution in [2.45, 2.75) is 13.5 Å². The quantitative estimate of drug-likeness (QED) is 0.626. The van der Waals surface area contributed by atoms with Crippen LogP contribution >= 0.6 is 0 Å². The Bertz CT molecular complexity index is 927. The van der Waals surface area contributed by atoms with Crippen LogP contribution in [0, 0.1) is 0 Å². The van der Waals surface area contributed by atoms with Crippen LogP contribution in [0.15, 0.2) is 67.3 Å². The third kappa shape index (κ3) is 5.37. The summed E-state index contributed by atoms with van der Waals surface area (Å²) in [7, 11) is 0. The van der Waals surface area contributed by atoms with Gasteiger partial charge in [0.25, 0.3) is 5.91 Å². The van der Waals surface area contributed by atoms with Crippen molar-refractivity contribution in [1.82, 2.24) is 9.97 Å². The van der Waals surface area contributed by atoms with Gasteiger partial charge >= 0.3 is 0 Å². The summed E-state index contributed by atoms with van der Waals surface area (Å²) in [6, 6.07) is 12.5. The van der Waals surface area contributed by atoms with Gasteiger partial charge in [-0.05, 0) is 48.0 Å². The molecule has 0 aliphatic heterocycles. The van der Waals surface area contributed by atoms with E-state index in [0.29, 0.717) is 23.5 Å². The Kier molecular flexibility index (Phi) is 5.73. The fourth-order valence-electron chi connectivity index (χ4n) is 2.41. The number of anilines is 3. The van der Waals surface area contributed by atoms with E-state index in [0.717, 1.165) is 11.3 Å². The van der Waals surface area contributed by atoms with Crippen molar-refractivity contribution in [2.24, 2.45) is 0 Å². The van der Waals surface area contributed by atoms with Crippen molar-refractivity contribution < 1.29 is 9.59 Å². The highest BCUT2D eigenvalue weighted by Crippen LogP contribution is 2.16. The SMILES string of the molecule is CC(=O)Nc1ccc(NC(=O)c2cncc(NCc3ccncc3)c2)cc1. The van der Waals surface area contributed by atoms with Gasteiger partial charge < -0.3 is 16.0 Å². The van der Waals surface area contributed by atoms with Gasteiger partial charge in [0.05, 0.1) is 11.3 Å². The van der Waals surface area contributed by atoms with Crippen molar-refractivity contribution >= 4 is 28.9 Å². The van der Waals surface area contributed by atoms with Gasteiger partial charge in [0, 0.05) is 49.6 Å². The summed E-state index contributed by atoms with van der Waals surface area (Å²) >= 11 is 0. The molecule has 0 aliphatic carbocycles. The molecular formula is C20H19N5O2. The Labute approximate surface area is 156 Å². The lowest BCUT2D eigenvalue weighted by atomic mass is 10.2. The fourth-order valence-corrected chi connectivity index (χ4v) is 2.41. The topological polar surface area (TPSA) is 96.0 Å². The second-order valence-corrected chi connectivity index (χ2v) is 5.88. The average molecular weight is 361 g/mol. The van der Waals surface area contributed by atoms with Crippen LogP contribution in [0.1, 0.15) is 22.8 Å². The van der Waals surface area contributed by atoms with Gasteiger partial charge in [-0.3, -0.25) is 19.6 Å². The van der Waals surface area contributed by atoms with E-state index >= 15 is 0 Å². The molecule has 3 rings (SSSR count). The summed E-state index contributed by atoms with van der Waals surface area (Å²) in [5, 5.41) is 8.73. The zero-order valence-corrected chi connectivity index (χ0v) is 14.8. The maximum Gasteiger partial charge on any atom is 0.257 e. The molecule has 2 aromatic heterocycles. The third-order valence-electron chi connectivity index (χ3n) is 3.71. The number of amides is 2. The number of aromatic nitrogens is 2. The highest BCUT2D eigenvalue weighted by atomic mass is 16.2. The standard InChI is InChI=1S/C20H19N5O2/c1-14(26)24-17-2-4-18(5-3-17)25-20(27)16-10-19(13-22-12-16)23-11-15-6-8-21-9-7-15/h2-10,12-13,23H,11H2,1H3,(H,24,26)(H,25,27). The highest BCUT2D eigenvalue weighted by molar-refractivity contribution is 6.04. The first-order valence-corrected chi connectivity index (χ1v) is 8.37. The number of benzene rings is 1. The Morgan fingerprint density at radius 1 is 0.852 bits per heavy atom. The van der Waals surface area contributed by atoms with Crippen molar-refractivity contribution in [2.75, 3.05) is 16.0 Å². The van der Waals surface area contributed by atoms with E-state index in [9.17, 15) is 9.59 Å². The summed E-state index contributed by atoms with van der Waals surface area (Å²) in [6.45, 7) is 2.05. The van der Waals surface area contributed by atoms with Crippen molar-refractivity contribution in [3.05, 3.63) is 78.4 Å². The van der Waals surface area contributed by atoms with Gasteiger partial charge in [0.1, 0.15) is 0 Å². The Balaban J connectivity index is 1.62. The molecule has 0 aliphatic rings. The third-order valence-corrected chi connectivity index (χ3v) is 3.71. The molecule has 27 heavy (non-hydrogen) atoms. The summed E-state index contributed by atoms with van der Waals surface area (Å²) in [5.74, 6) is -0.406. The van der Waals surface area contributed by atoms with E-state index in [1.54, 1.807) is 48.9 Å². The monoisotopic (exact) mass is 361 g/mol. The van der Waals surface area contributed by atoms with Gasteiger partial charge in [0.2, 0.25) is 5.91 Å². The molecule has 0 atom stereocenters. The van der Waals surface area contributed by atoms with Gasteiger partial charge in [-0.2, -0.15) is 0 Å². The maximum absolute atomic E-state index is 12.4. The molecule has 2 heterocycles. The van der Waals surface area contributed by atoms with E-state index in [4.69, 9.17) is 0 Å². The lowest BCUT2D eigenvalue weighted by molar-refractivity contribution is -0.114. The molecule has 136 valence electrons. The summed E-state index contributed by atoms with van der Waals surface area (Å²) in [5.41, 5.74) is 3.58. The fraction of sp³-hybridized carbons (Fsp3) is 0.100. The number of carbonyl (C=O) groups is 2. The predicted octanol–water partition coefficient (Wildman–Crippen LogP) is 3.30. The molecule has 0 fully saturated rings. The van der Waals surface area contributed by atoms with E-state index in [1.807, 2.05) is 12.1 Å². The average Bonchev–Trinajstić information content (AvgIpc) is 2.68. The van der Waals surface area contributed by atoms with Gasteiger partial charge in [-0.25, -0.2) is 0 Å². The number of hydrogen-bond donors (Lipinski definition) is 3. The Hall–Kier alpha value is -3.74. The van der Waals surface area contributed by atoms with E-state index in [2.05, 4.69) is 25.9 Å². The van der Waals surface area contributed by atoms with Crippen LogP contribution in [-0.4, -0.2) is 21.8 Å². The van der Waals surface area contributed by atoms with Crippen molar-refractivity contribution in [1.29, 1.82) is 0 Å². The molecule has 1 aromatic carbocycles. The van der Waals surface area contributed by atoms with Crippen LogP contribution in [0.4, 0.5) is 17.1 Å². The molecule has 0 unspecified atom stereocenters. The summed E-state index contributed by atoms with van der Waals surface area (Å²) in [4.78, 5) is 31.6. The predicted molar refractivity (Wildman–Crippen MR) is 104 cm³/mol. The number of nitrogens with one attached hydrogen (secondary N) is 3. The minimum atomic E-state index is -0.262. The first-order chi connectivity index (χ1) is 13.1. The molecule has 3 N–H and O–H groups in total. The first kappa shape index (κ1) is 18.1. The minimum Gasteiger partial charge on any atom is -0.380 e. The molecule has 0 radical (unpaired) electrons. The lowest BCUT2D eigenvalue weighted by Crippen LogP contribution is -2.13. The number of carbonyl (C=O) groups excluding carboxylic acids is 2. The minimum absolute atomic E-state index is 0.144. The molecule has 3 aromatic rings. The van der Waals surface area contributed by atoms with Crippen LogP contribution in [0.5, 0.6) is 0 Å². The highest BCUT2D eigenvalue weighted by Gasteiger charge is 2.08. The molecule has 7 nitrogen and oxygen atoms in total. The first-order valence-electron chi connectivity index (χ1n) is 8.37. The van der Waals surface area contributed by atoms with Gasteiger partial charge in [-0.15, -0.1) is 0 Å². The number of nitrogens with zero attached hydrogens (tertiary/aromatic N) is 2. The van der Waals surface area contributed by atoms with E-state index in [-0.39, 0.29) is 11.8 Å². The molecule has 2 amide bonds. The second kappa shape index (κ2) is 8.57. The zero-order chi connectivity index (χ0) is 19.1. The lowest BCUT2D eigenvalue weighted by Gasteiger charge is -2.09. The second-order valence-electron chi connectivity index (χ2n) is 5.88. The van der Waals surface area contributed by atoms with E-state index < -0.39 is 0 Å². The number of hydrogen-bond acceptors (Lipinski definition) is 5. The summed E-state index contributed by atoms with van der Waals surface area (Å²) in [6.07, 6.45) is 6.64. The van der Waals surface area contributed by atoms with Crippen LogP contribution in [0.2, 0.25) is 0 Å². The number of rotatable bonds is 6. The normalized spacial score (nSPS) is 10.1. The summed E-state index contributed by atoms with van der Waals surface area (Å²) < 4.78 is 0. The number of pyridine rings is 2. The van der Waals surface area contributed by atoms with Crippen LogP contribution < -0.4 is 16.0 Å². The molecular weight excluding hydrogens is 342 g/mol. The van der Waals surface area contributed by atoms with Crippen molar-refractivity contribution in [3.8, 4) is 0 Å². The molecule has 0 saturated heterocycles. The van der Waals surface area contributed by atoms with Crippen LogP contribution in [0.3, 0.4) is 0 Å². The zero-order valence-electron chi connectivity index (χ0n) is 14.8. The van der Waals surface area contributed by atoms with Gasteiger partial charge in [0.15, 0.2) is 0 Å². The molecule has 0 bridgehead atoms. The van der Waals surface area contributed by atoms with E-state index in [1.165, 1.54) is 13.1 Å². The molecule has 0 spiro atoms. The van der Waals surface area contributed by atoms with Crippen molar-refractivity contribution in [3.63, 3.8) is 0 Å². The largest absolute Gasteiger partial charge is 0.380 e. The van der Waals surface area contributed by atoms with Crippen LogP contribution in [0.25, 0.3) is 0 Å². The van der Waals surface area contributed by atoms with Gasteiger partial charge in [-0.1, -0.05) is 0 Å². The molecule has 7 heteroatoms. The Morgan fingerprint density at radius 2 is 1.52 bits per heavy atom. The smallest absolute Gasteiger partial charge is 0.257 e. The Morgan fingerprint density at radius 3 is 2.19 bits per heavy atom. The molecule has 0 saturated carbocycles. The maximum atomic E-state index is 12.4. The van der Waals surface area contributed by atoms with Crippen LogP contribution in [-0.2, 0) is 11.3 Å².